The highest BCUT2D eigenvalue weighted by Crippen LogP contribution is 2.33. The van der Waals surface area contributed by atoms with Crippen LogP contribution < -0.4 is 5.73 Å². The van der Waals surface area contributed by atoms with Crippen molar-refractivity contribution in [3.05, 3.63) is 57.3 Å². The first-order chi connectivity index (χ1) is 10.2. The number of thiophene rings is 1. The Kier molecular flexibility index (Phi) is 3.94. The molecule has 1 unspecified atom stereocenters. The number of rotatable bonds is 3. The van der Waals surface area contributed by atoms with Gasteiger partial charge in [0.15, 0.2) is 5.84 Å². The molecule has 1 atom stereocenters. The fourth-order valence-electron chi connectivity index (χ4n) is 2.90. The van der Waals surface area contributed by atoms with E-state index in [0.29, 0.717) is 6.04 Å². The summed E-state index contributed by atoms with van der Waals surface area (Å²) in [5, 5.41) is 14.0. The number of amidine groups is 1. The highest BCUT2D eigenvalue weighted by atomic mass is 32.1. The van der Waals surface area contributed by atoms with Gasteiger partial charge in [0.05, 0.1) is 0 Å². The quantitative estimate of drug-likeness (QED) is 0.396. The standard InChI is InChI=1S/C16H19N3OS/c1-11-14-6-8-21-15(14)5-7-19(11)10-12-3-2-4-13(9-12)16(17)18-20/h2-4,6,8-9,11,20H,5,7,10H2,1H3,(H2,17,18). The van der Waals surface area contributed by atoms with Crippen LogP contribution in [-0.2, 0) is 13.0 Å². The molecule has 1 aromatic carbocycles. The summed E-state index contributed by atoms with van der Waals surface area (Å²) in [5.74, 6) is 0.156. The number of benzene rings is 1. The molecule has 0 fully saturated rings. The van der Waals surface area contributed by atoms with Gasteiger partial charge in [0.1, 0.15) is 0 Å². The van der Waals surface area contributed by atoms with E-state index >= 15 is 0 Å². The van der Waals surface area contributed by atoms with E-state index in [1.54, 1.807) is 0 Å². The van der Waals surface area contributed by atoms with Crippen LogP contribution in [0.4, 0.5) is 0 Å². The van der Waals surface area contributed by atoms with Gasteiger partial charge in [-0.05, 0) is 42.0 Å². The smallest absolute Gasteiger partial charge is 0.170 e. The Morgan fingerprint density at radius 1 is 1.48 bits per heavy atom. The van der Waals surface area contributed by atoms with Crippen molar-refractivity contribution in [2.24, 2.45) is 10.9 Å². The van der Waals surface area contributed by atoms with Crippen LogP contribution in [0.2, 0.25) is 0 Å². The van der Waals surface area contributed by atoms with Gasteiger partial charge in [-0.25, -0.2) is 0 Å². The molecule has 5 heteroatoms. The van der Waals surface area contributed by atoms with E-state index in [9.17, 15) is 0 Å². The van der Waals surface area contributed by atoms with Gasteiger partial charge in [-0.1, -0.05) is 23.4 Å². The predicted molar refractivity (Wildman–Crippen MR) is 85.8 cm³/mol. The van der Waals surface area contributed by atoms with Crippen LogP contribution in [0.1, 0.15) is 34.5 Å². The normalized spacial score (nSPS) is 19.5. The molecule has 2 aromatic rings. The first kappa shape index (κ1) is 14.1. The molecule has 0 saturated carbocycles. The average molecular weight is 301 g/mol. The van der Waals surface area contributed by atoms with E-state index in [2.05, 4.69) is 34.5 Å². The van der Waals surface area contributed by atoms with Crippen LogP contribution in [0.5, 0.6) is 0 Å². The second kappa shape index (κ2) is 5.87. The summed E-state index contributed by atoms with van der Waals surface area (Å²) in [5.41, 5.74) is 9.06. The van der Waals surface area contributed by atoms with Crippen molar-refractivity contribution >= 4 is 17.2 Å². The van der Waals surface area contributed by atoms with Gasteiger partial charge in [-0.2, -0.15) is 0 Å². The van der Waals surface area contributed by atoms with Crippen molar-refractivity contribution in [2.45, 2.75) is 25.9 Å². The van der Waals surface area contributed by atoms with Crippen LogP contribution >= 0.6 is 11.3 Å². The van der Waals surface area contributed by atoms with Crippen molar-refractivity contribution in [3.8, 4) is 0 Å². The molecule has 2 heterocycles. The number of oxime groups is 1. The van der Waals surface area contributed by atoms with E-state index in [1.807, 2.05) is 29.5 Å². The lowest BCUT2D eigenvalue weighted by molar-refractivity contribution is 0.191. The van der Waals surface area contributed by atoms with Crippen molar-refractivity contribution < 1.29 is 5.21 Å². The van der Waals surface area contributed by atoms with E-state index in [-0.39, 0.29) is 5.84 Å². The lowest BCUT2D eigenvalue weighted by Gasteiger charge is -2.33. The highest BCUT2D eigenvalue weighted by Gasteiger charge is 2.24. The van der Waals surface area contributed by atoms with Crippen LogP contribution in [0.3, 0.4) is 0 Å². The van der Waals surface area contributed by atoms with Crippen LogP contribution in [0.25, 0.3) is 0 Å². The molecule has 3 N–H and O–H groups in total. The third-order valence-corrected chi connectivity index (χ3v) is 5.12. The van der Waals surface area contributed by atoms with E-state index in [0.717, 1.165) is 25.1 Å². The van der Waals surface area contributed by atoms with Gasteiger partial charge >= 0.3 is 0 Å². The number of hydrogen-bond donors (Lipinski definition) is 2. The van der Waals surface area contributed by atoms with Gasteiger partial charge in [0.25, 0.3) is 0 Å². The number of nitrogens with two attached hydrogens (primary N) is 1. The zero-order valence-corrected chi connectivity index (χ0v) is 12.8. The summed E-state index contributed by atoms with van der Waals surface area (Å²) in [6.07, 6.45) is 1.12. The van der Waals surface area contributed by atoms with Gasteiger partial charge in [0.2, 0.25) is 0 Å². The summed E-state index contributed by atoms with van der Waals surface area (Å²) < 4.78 is 0. The molecule has 0 radical (unpaired) electrons. The minimum absolute atomic E-state index is 0.156. The number of nitrogens with zero attached hydrogens (tertiary/aromatic N) is 2. The van der Waals surface area contributed by atoms with Crippen molar-refractivity contribution in [1.29, 1.82) is 0 Å². The average Bonchev–Trinajstić information content (AvgIpc) is 2.99. The van der Waals surface area contributed by atoms with Crippen LogP contribution in [0, 0.1) is 0 Å². The highest BCUT2D eigenvalue weighted by molar-refractivity contribution is 7.10. The van der Waals surface area contributed by atoms with E-state index in [4.69, 9.17) is 10.9 Å². The summed E-state index contributed by atoms with van der Waals surface area (Å²) in [7, 11) is 0. The maximum absolute atomic E-state index is 8.78. The lowest BCUT2D eigenvalue weighted by Crippen LogP contribution is -2.32. The zero-order chi connectivity index (χ0) is 14.8. The summed E-state index contributed by atoms with van der Waals surface area (Å²) in [6.45, 7) is 4.21. The fraction of sp³-hybridized carbons (Fsp3) is 0.312. The molecule has 0 spiro atoms. The first-order valence-corrected chi connectivity index (χ1v) is 7.94. The Morgan fingerprint density at radius 3 is 3.14 bits per heavy atom. The molecule has 0 saturated heterocycles. The van der Waals surface area contributed by atoms with Crippen molar-refractivity contribution in [2.75, 3.05) is 6.54 Å². The molecule has 21 heavy (non-hydrogen) atoms. The second-order valence-electron chi connectivity index (χ2n) is 5.38. The minimum Gasteiger partial charge on any atom is -0.409 e. The van der Waals surface area contributed by atoms with Gasteiger partial charge in [0, 0.05) is 29.6 Å². The number of hydrogen-bond acceptors (Lipinski definition) is 4. The lowest BCUT2D eigenvalue weighted by atomic mass is 10.0. The molecule has 0 amide bonds. The molecular formula is C16H19N3OS. The molecule has 110 valence electrons. The maximum Gasteiger partial charge on any atom is 0.170 e. The molecule has 0 aliphatic carbocycles. The van der Waals surface area contributed by atoms with Crippen LogP contribution in [0.15, 0.2) is 40.9 Å². The van der Waals surface area contributed by atoms with Gasteiger partial charge in [-0.15, -0.1) is 11.3 Å². The Bertz CT molecular complexity index is 665. The predicted octanol–water partition coefficient (Wildman–Crippen LogP) is 2.96. The molecule has 1 aliphatic heterocycles. The third kappa shape index (κ3) is 2.80. The Labute approximate surface area is 128 Å². The molecular weight excluding hydrogens is 282 g/mol. The van der Waals surface area contributed by atoms with Crippen LogP contribution in [-0.4, -0.2) is 22.5 Å². The SMILES string of the molecule is CC1c2ccsc2CCN1Cc1cccc(C(N)=NO)c1. The number of fused-ring (bicyclic) bond motifs is 1. The van der Waals surface area contributed by atoms with Gasteiger partial charge in [-0.3, -0.25) is 4.90 Å². The third-order valence-electron chi connectivity index (χ3n) is 4.12. The Morgan fingerprint density at radius 2 is 2.33 bits per heavy atom. The first-order valence-electron chi connectivity index (χ1n) is 7.06. The molecule has 0 bridgehead atoms. The van der Waals surface area contributed by atoms with E-state index < -0.39 is 0 Å². The van der Waals surface area contributed by atoms with Crippen molar-refractivity contribution in [3.63, 3.8) is 0 Å². The summed E-state index contributed by atoms with van der Waals surface area (Å²) in [6, 6.07) is 10.6. The fourth-order valence-corrected chi connectivity index (χ4v) is 3.86. The minimum atomic E-state index is 0.156. The molecule has 1 aliphatic rings. The van der Waals surface area contributed by atoms with Crippen molar-refractivity contribution in [1.82, 2.24) is 4.90 Å². The Balaban J connectivity index is 1.79. The topological polar surface area (TPSA) is 61.8 Å². The van der Waals surface area contributed by atoms with E-state index in [1.165, 1.54) is 16.0 Å². The largest absolute Gasteiger partial charge is 0.409 e. The maximum atomic E-state index is 8.78. The summed E-state index contributed by atoms with van der Waals surface area (Å²) >= 11 is 1.86. The zero-order valence-electron chi connectivity index (χ0n) is 12.0. The molecule has 3 rings (SSSR count). The Hall–Kier alpha value is -1.85. The monoisotopic (exact) mass is 301 g/mol. The molecule has 1 aromatic heterocycles. The second-order valence-corrected chi connectivity index (χ2v) is 6.38. The summed E-state index contributed by atoms with van der Waals surface area (Å²) in [4.78, 5) is 3.99. The molecule has 4 nitrogen and oxygen atoms in total. The van der Waals surface area contributed by atoms with Gasteiger partial charge < -0.3 is 10.9 Å².